The normalized spacial score (nSPS) is 45.9. The van der Waals surface area contributed by atoms with Crippen molar-refractivity contribution in [2.75, 3.05) is 0 Å². The summed E-state index contributed by atoms with van der Waals surface area (Å²) in [6, 6.07) is 0. The van der Waals surface area contributed by atoms with Crippen LogP contribution in [-0.2, 0) is 9.59 Å². The van der Waals surface area contributed by atoms with Gasteiger partial charge in [-0.25, -0.2) is 0 Å². The highest BCUT2D eigenvalue weighted by molar-refractivity contribution is 5.78. The lowest BCUT2D eigenvalue weighted by atomic mass is 9.55. The molecule has 0 aromatic rings. The van der Waals surface area contributed by atoms with E-state index in [2.05, 4.69) is 27.7 Å². The van der Waals surface area contributed by atoms with Crippen LogP contribution in [0.15, 0.2) is 0 Å². The maximum Gasteiger partial charge on any atom is 0.132 e. The van der Waals surface area contributed by atoms with E-state index < -0.39 is 0 Å². The first-order chi connectivity index (χ1) is 14.1. The Balaban J connectivity index is 0.000000171. The minimum atomic E-state index is 0.378. The van der Waals surface area contributed by atoms with Crippen LogP contribution in [0.1, 0.15) is 119 Å². The maximum atomic E-state index is 11.5. The predicted molar refractivity (Wildman–Crippen MR) is 125 cm³/mol. The molecule has 0 radical (unpaired) electrons. The molecular weight excluding hydrogens is 368 g/mol. The van der Waals surface area contributed by atoms with Crippen molar-refractivity contribution in [3.63, 3.8) is 0 Å². The highest BCUT2D eigenvalue weighted by atomic mass is 16.1. The molecule has 4 saturated carbocycles. The van der Waals surface area contributed by atoms with Gasteiger partial charge in [0.15, 0.2) is 0 Å². The zero-order valence-corrected chi connectivity index (χ0v) is 20.8. The van der Waals surface area contributed by atoms with E-state index in [4.69, 9.17) is 0 Å². The average Bonchev–Trinajstić information content (AvgIpc) is 2.67. The third kappa shape index (κ3) is 5.04. The van der Waals surface area contributed by atoms with Crippen LogP contribution in [0.25, 0.3) is 0 Å². The van der Waals surface area contributed by atoms with E-state index >= 15 is 0 Å². The van der Waals surface area contributed by atoms with E-state index in [0.717, 1.165) is 36.5 Å². The van der Waals surface area contributed by atoms with E-state index in [1.54, 1.807) is 13.8 Å². The van der Waals surface area contributed by atoms with Crippen LogP contribution in [-0.4, -0.2) is 11.6 Å². The molecule has 2 heteroatoms. The van der Waals surface area contributed by atoms with Crippen molar-refractivity contribution in [2.24, 2.45) is 46.3 Å². The Kier molecular flexibility index (Phi) is 7.56. The standard InChI is InChI=1S/2C14H24O/c2*1-10-5-4-7-14(3)8-6-12(11(2)15)9-13(10)14/h2*10,12-13H,4-9H2,1-3H3/t10-,12+,13+,14-;10-,12-,13-,14-/m11/s1. The van der Waals surface area contributed by atoms with E-state index in [9.17, 15) is 9.59 Å². The summed E-state index contributed by atoms with van der Waals surface area (Å²) in [5.41, 5.74) is 1.12. The van der Waals surface area contributed by atoms with Crippen LogP contribution < -0.4 is 0 Å². The summed E-state index contributed by atoms with van der Waals surface area (Å²) in [5, 5.41) is 0. The van der Waals surface area contributed by atoms with Crippen molar-refractivity contribution in [3.05, 3.63) is 0 Å². The van der Waals surface area contributed by atoms with Gasteiger partial charge in [0.05, 0.1) is 0 Å². The molecule has 0 aromatic heterocycles. The number of rotatable bonds is 2. The molecule has 4 aliphatic rings. The van der Waals surface area contributed by atoms with Crippen molar-refractivity contribution in [3.8, 4) is 0 Å². The Morgan fingerprint density at radius 3 is 1.33 bits per heavy atom. The molecule has 4 rings (SSSR count). The van der Waals surface area contributed by atoms with Gasteiger partial charge in [-0.05, 0) is 99.7 Å². The summed E-state index contributed by atoms with van der Waals surface area (Å²) in [4.78, 5) is 23.0. The molecular formula is C28H48O2. The lowest BCUT2D eigenvalue weighted by Crippen LogP contribution is -2.42. The fourth-order valence-corrected chi connectivity index (χ4v) is 8.05. The van der Waals surface area contributed by atoms with Gasteiger partial charge in [-0.3, -0.25) is 9.59 Å². The minimum Gasteiger partial charge on any atom is -0.300 e. The summed E-state index contributed by atoms with van der Waals surface area (Å²) in [6.07, 6.45) is 15.6. The van der Waals surface area contributed by atoms with Crippen molar-refractivity contribution in [1.82, 2.24) is 0 Å². The quantitative estimate of drug-likeness (QED) is 0.463. The Labute approximate surface area is 186 Å². The summed E-state index contributed by atoms with van der Waals surface area (Å²) in [5.74, 6) is 4.91. The number of ketones is 2. The van der Waals surface area contributed by atoms with E-state index in [0.29, 0.717) is 34.2 Å². The van der Waals surface area contributed by atoms with E-state index in [-0.39, 0.29) is 0 Å². The van der Waals surface area contributed by atoms with Crippen molar-refractivity contribution in [1.29, 1.82) is 0 Å². The van der Waals surface area contributed by atoms with Crippen LogP contribution in [0.3, 0.4) is 0 Å². The Morgan fingerprint density at radius 2 is 1.00 bits per heavy atom. The molecule has 2 nitrogen and oxygen atoms in total. The third-order valence-electron chi connectivity index (χ3n) is 10.3. The molecule has 0 heterocycles. The molecule has 30 heavy (non-hydrogen) atoms. The number of carbonyl (C=O) groups is 2. The zero-order chi connectivity index (χ0) is 22.1. The summed E-state index contributed by atoms with van der Waals surface area (Å²) in [7, 11) is 0. The summed E-state index contributed by atoms with van der Waals surface area (Å²) < 4.78 is 0. The molecule has 0 N–H and O–H groups in total. The van der Waals surface area contributed by atoms with Gasteiger partial charge in [0, 0.05) is 11.8 Å². The highest BCUT2D eigenvalue weighted by Crippen LogP contribution is 2.54. The van der Waals surface area contributed by atoms with Gasteiger partial charge < -0.3 is 0 Å². The Bertz CT molecular complexity index is 570. The highest BCUT2D eigenvalue weighted by Gasteiger charge is 2.46. The molecule has 8 atom stereocenters. The molecule has 0 saturated heterocycles. The smallest absolute Gasteiger partial charge is 0.132 e. The molecule has 4 fully saturated rings. The van der Waals surface area contributed by atoms with Gasteiger partial charge in [0.2, 0.25) is 0 Å². The molecule has 0 spiro atoms. The SMILES string of the molecule is CC(=O)[C@@H]1CC[C@@]2(C)CCC[C@@H](C)[C@H]2C1.CC(=O)[C@H]1CC[C@@]2(C)CCC[C@@H](C)[C@@H]2C1. The first-order valence-corrected chi connectivity index (χ1v) is 13.1. The van der Waals surface area contributed by atoms with Crippen LogP contribution in [0, 0.1) is 46.3 Å². The van der Waals surface area contributed by atoms with Gasteiger partial charge in [0.25, 0.3) is 0 Å². The zero-order valence-electron chi connectivity index (χ0n) is 20.8. The third-order valence-corrected chi connectivity index (χ3v) is 10.3. The fourth-order valence-electron chi connectivity index (χ4n) is 8.05. The number of hydrogen-bond acceptors (Lipinski definition) is 2. The van der Waals surface area contributed by atoms with Crippen molar-refractivity contribution in [2.45, 2.75) is 119 Å². The molecule has 0 bridgehead atoms. The average molecular weight is 417 g/mol. The lowest BCUT2D eigenvalue weighted by Gasteiger charge is -2.50. The van der Waals surface area contributed by atoms with Crippen LogP contribution in [0.2, 0.25) is 0 Å². The van der Waals surface area contributed by atoms with Crippen molar-refractivity contribution < 1.29 is 9.59 Å². The largest absolute Gasteiger partial charge is 0.300 e. The first kappa shape index (κ1) is 24.0. The maximum absolute atomic E-state index is 11.5. The van der Waals surface area contributed by atoms with Crippen LogP contribution in [0.5, 0.6) is 0 Å². The predicted octanol–water partition coefficient (Wildman–Crippen LogP) is 7.64. The van der Waals surface area contributed by atoms with Gasteiger partial charge in [-0.2, -0.15) is 0 Å². The second-order valence-corrected chi connectivity index (χ2v) is 12.4. The molecule has 172 valence electrons. The molecule has 0 amide bonds. The molecule has 0 aliphatic heterocycles. The van der Waals surface area contributed by atoms with Crippen LogP contribution >= 0.6 is 0 Å². The lowest BCUT2D eigenvalue weighted by molar-refractivity contribution is -0.125. The summed E-state index contributed by atoms with van der Waals surface area (Å²) >= 11 is 0. The molecule has 0 unspecified atom stereocenters. The Morgan fingerprint density at radius 1 is 0.633 bits per heavy atom. The number of hydrogen-bond donors (Lipinski definition) is 0. The Hall–Kier alpha value is -0.660. The van der Waals surface area contributed by atoms with Gasteiger partial charge >= 0.3 is 0 Å². The first-order valence-electron chi connectivity index (χ1n) is 13.1. The van der Waals surface area contributed by atoms with Gasteiger partial charge in [0.1, 0.15) is 11.6 Å². The number of carbonyl (C=O) groups excluding carboxylic acids is 2. The van der Waals surface area contributed by atoms with Crippen LogP contribution in [0.4, 0.5) is 0 Å². The second-order valence-electron chi connectivity index (χ2n) is 12.4. The minimum absolute atomic E-state index is 0.378. The van der Waals surface area contributed by atoms with E-state index in [1.807, 2.05) is 0 Å². The number of fused-ring (bicyclic) bond motifs is 2. The fraction of sp³-hybridized carbons (Fsp3) is 0.929. The van der Waals surface area contributed by atoms with Gasteiger partial charge in [-0.15, -0.1) is 0 Å². The number of Topliss-reactive ketones (excluding diaryl/α,β-unsaturated/α-hetero) is 2. The summed E-state index contributed by atoms with van der Waals surface area (Å²) in [6.45, 7) is 13.3. The molecule has 0 aromatic carbocycles. The van der Waals surface area contributed by atoms with Gasteiger partial charge in [-0.1, -0.05) is 53.4 Å². The monoisotopic (exact) mass is 416 g/mol. The van der Waals surface area contributed by atoms with E-state index in [1.165, 1.54) is 64.2 Å². The second kappa shape index (κ2) is 9.45. The molecule has 4 aliphatic carbocycles. The van der Waals surface area contributed by atoms with Crippen molar-refractivity contribution >= 4 is 11.6 Å². The topological polar surface area (TPSA) is 34.1 Å².